The summed E-state index contributed by atoms with van der Waals surface area (Å²) in [6.07, 6.45) is 0.725. The zero-order chi connectivity index (χ0) is 12.1. The highest BCUT2D eigenvalue weighted by atomic mass is 32.1. The van der Waals surface area contributed by atoms with Gasteiger partial charge in [-0.2, -0.15) is 11.3 Å². The van der Waals surface area contributed by atoms with Gasteiger partial charge >= 0.3 is 0 Å². The molecule has 0 aromatic carbocycles. The van der Waals surface area contributed by atoms with Crippen molar-refractivity contribution in [2.24, 2.45) is 5.73 Å². The molecule has 0 saturated heterocycles. The van der Waals surface area contributed by atoms with E-state index in [-0.39, 0.29) is 5.91 Å². The molecule has 0 aliphatic rings. The van der Waals surface area contributed by atoms with Gasteiger partial charge in [0.2, 0.25) is 0 Å². The summed E-state index contributed by atoms with van der Waals surface area (Å²) < 4.78 is 0. The van der Waals surface area contributed by atoms with Gasteiger partial charge in [-0.25, -0.2) is 4.98 Å². The van der Waals surface area contributed by atoms with E-state index in [9.17, 15) is 4.79 Å². The van der Waals surface area contributed by atoms with Gasteiger partial charge in [-0.15, -0.1) is 11.3 Å². The number of nitrogens with one attached hydrogen (secondary N) is 1. The summed E-state index contributed by atoms with van der Waals surface area (Å²) in [7, 11) is 0. The zero-order valence-corrected chi connectivity index (χ0v) is 10.8. The third kappa shape index (κ3) is 3.36. The first-order chi connectivity index (χ1) is 8.29. The van der Waals surface area contributed by atoms with E-state index in [0.717, 1.165) is 17.0 Å². The maximum Gasteiger partial charge on any atom is 0.271 e. The Morgan fingerprint density at radius 1 is 1.47 bits per heavy atom. The number of nitrogens with two attached hydrogens (primary N) is 1. The minimum atomic E-state index is -0.129. The topological polar surface area (TPSA) is 68.0 Å². The second-order valence-electron chi connectivity index (χ2n) is 3.48. The molecule has 17 heavy (non-hydrogen) atoms. The smallest absolute Gasteiger partial charge is 0.271 e. The lowest BCUT2D eigenvalue weighted by atomic mass is 10.3. The molecule has 0 aliphatic carbocycles. The second-order valence-corrected chi connectivity index (χ2v) is 5.20. The standard InChI is InChI=1S/C11H13N3OS2/c12-3-1-10-14-9(7-17-10)11(15)13-5-8-2-4-16-6-8/h2,4,6-7H,1,3,5,12H2,(H,13,15). The van der Waals surface area contributed by atoms with Crippen LogP contribution in [0.25, 0.3) is 0 Å². The molecule has 0 saturated carbocycles. The molecule has 0 aliphatic heterocycles. The third-order valence-electron chi connectivity index (χ3n) is 2.18. The minimum absolute atomic E-state index is 0.129. The SMILES string of the molecule is NCCc1nc(C(=O)NCc2ccsc2)cs1. The Kier molecular flexibility index (Phi) is 4.24. The van der Waals surface area contributed by atoms with E-state index < -0.39 is 0 Å². The fourth-order valence-electron chi connectivity index (χ4n) is 1.32. The first-order valence-electron chi connectivity index (χ1n) is 5.23. The first kappa shape index (κ1) is 12.2. The number of hydrogen-bond donors (Lipinski definition) is 2. The molecule has 2 heterocycles. The van der Waals surface area contributed by atoms with Crippen LogP contribution in [0.1, 0.15) is 21.1 Å². The normalized spacial score (nSPS) is 10.4. The Bertz CT molecular complexity index is 479. The Balaban J connectivity index is 1.90. The van der Waals surface area contributed by atoms with Crippen molar-refractivity contribution in [3.63, 3.8) is 0 Å². The van der Waals surface area contributed by atoms with Crippen molar-refractivity contribution in [2.75, 3.05) is 6.54 Å². The van der Waals surface area contributed by atoms with Crippen molar-refractivity contribution in [3.05, 3.63) is 38.5 Å². The van der Waals surface area contributed by atoms with Crippen molar-refractivity contribution >= 4 is 28.6 Å². The van der Waals surface area contributed by atoms with Gasteiger partial charge in [0.25, 0.3) is 5.91 Å². The average Bonchev–Trinajstić information content (AvgIpc) is 2.97. The van der Waals surface area contributed by atoms with E-state index in [1.54, 1.807) is 16.7 Å². The fraction of sp³-hybridized carbons (Fsp3) is 0.273. The maximum atomic E-state index is 11.8. The third-order valence-corrected chi connectivity index (χ3v) is 3.82. The molecule has 1 amide bonds. The number of thiazole rings is 1. The number of carbonyl (C=O) groups excluding carboxylic acids is 1. The van der Waals surface area contributed by atoms with E-state index in [0.29, 0.717) is 18.8 Å². The van der Waals surface area contributed by atoms with Crippen molar-refractivity contribution in [1.29, 1.82) is 0 Å². The summed E-state index contributed by atoms with van der Waals surface area (Å²) in [6, 6.07) is 1.99. The summed E-state index contributed by atoms with van der Waals surface area (Å²) in [5.74, 6) is -0.129. The van der Waals surface area contributed by atoms with Crippen LogP contribution in [0, 0.1) is 0 Å². The monoisotopic (exact) mass is 267 g/mol. The van der Waals surface area contributed by atoms with Gasteiger partial charge in [0.1, 0.15) is 5.69 Å². The number of aromatic nitrogens is 1. The van der Waals surface area contributed by atoms with E-state index in [1.807, 2.05) is 16.8 Å². The summed E-state index contributed by atoms with van der Waals surface area (Å²) in [6.45, 7) is 1.11. The molecular weight excluding hydrogens is 254 g/mol. The lowest BCUT2D eigenvalue weighted by molar-refractivity contribution is 0.0946. The molecule has 0 bridgehead atoms. The Morgan fingerprint density at radius 3 is 3.06 bits per heavy atom. The van der Waals surface area contributed by atoms with Gasteiger partial charge in [-0.1, -0.05) is 0 Å². The molecular formula is C11H13N3OS2. The average molecular weight is 267 g/mol. The predicted octanol–water partition coefficient (Wildman–Crippen LogP) is 1.64. The van der Waals surface area contributed by atoms with Crippen LogP contribution < -0.4 is 11.1 Å². The minimum Gasteiger partial charge on any atom is -0.347 e. The first-order valence-corrected chi connectivity index (χ1v) is 7.05. The molecule has 0 unspecified atom stereocenters. The van der Waals surface area contributed by atoms with Crippen molar-refractivity contribution in [3.8, 4) is 0 Å². The number of rotatable bonds is 5. The number of amides is 1. The molecule has 2 aromatic heterocycles. The molecule has 2 aromatic rings. The summed E-state index contributed by atoms with van der Waals surface area (Å²) in [5.41, 5.74) is 7.03. The fourth-order valence-corrected chi connectivity index (χ4v) is 2.78. The molecule has 4 nitrogen and oxygen atoms in total. The molecule has 3 N–H and O–H groups in total. The Morgan fingerprint density at radius 2 is 2.35 bits per heavy atom. The molecule has 90 valence electrons. The zero-order valence-electron chi connectivity index (χ0n) is 9.18. The van der Waals surface area contributed by atoms with Crippen LogP contribution in [-0.2, 0) is 13.0 Å². The van der Waals surface area contributed by atoms with Gasteiger partial charge < -0.3 is 11.1 Å². The van der Waals surface area contributed by atoms with Crippen molar-refractivity contribution in [1.82, 2.24) is 10.3 Å². The summed E-state index contributed by atoms with van der Waals surface area (Å²) in [4.78, 5) is 16.0. The molecule has 2 rings (SSSR count). The molecule has 0 radical (unpaired) electrons. The number of nitrogens with zero attached hydrogens (tertiary/aromatic N) is 1. The van der Waals surface area contributed by atoms with Crippen LogP contribution in [0.5, 0.6) is 0 Å². The number of carbonyl (C=O) groups is 1. The summed E-state index contributed by atoms with van der Waals surface area (Å²) >= 11 is 3.09. The Hall–Kier alpha value is -1.24. The maximum absolute atomic E-state index is 11.8. The van der Waals surface area contributed by atoms with Crippen molar-refractivity contribution in [2.45, 2.75) is 13.0 Å². The van der Waals surface area contributed by atoms with Crippen LogP contribution in [-0.4, -0.2) is 17.4 Å². The Labute approximate surface area is 107 Å². The van der Waals surface area contributed by atoms with Gasteiger partial charge in [0, 0.05) is 18.3 Å². The molecule has 0 atom stereocenters. The van der Waals surface area contributed by atoms with Crippen LogP contribution in [0.15, 0.2) is 22.2 Å². The quantitative estimate of drug-likeness (QED) is 0.865. The largest absolute Gasteiger partial charge is 0.347 e. The second kappa shape index (κ2) is 5.90. The lowest BCUT2D eigenvalue weighted by Gasteiger charge is -2.00. The highest BCUT2D eigenvalue weighted by Gasteiger charge is 2.09. The summed E-state index contributed by atoms with van der Waals surface area (Å²) in [5, 5.41) is 9.52. The van der Waals surface area contributed by atoms with Gasteiger partial charge in [0.05, 0.1) is 5.01 Å². The molecule has 0 spiro atoms. The molecule has 6 heteroatoms. The molecule has 0 fully saturated rings. The van der Waals surface area contributed by atoms with Gasteiger partial charge in [0.15, 0.2) is 0 Å². The number of thiophene rings is 1. The van der Waals surface area contributed by atoms with E-state index in [4.69, 9.17) is 5.73 Å². The lowest BCUT2D eigenvalue weighted by Crippen LogP contribution is -2.22. The van der Waals surface area contributed by atoms with Crippen LogP contribution in [0.4, 0.5) is 0 Å². The highest BCUT2D eigenvalue weighted by Crippen LogP contribution is 2.10. The van der Waals surface area contributed by atoms with Gasteiger partial charge in [-0.05, 0) is 28.9 Å². The van der Waals surface area contributed by atoms with Gasteiger partial charge in [-0.3, -0.25) is 4.79 Å². The van der Waals surface area contributed by atoms with Crippen LogP contribution in [0.3, 0.4) is 0 Å². The van der Waals surface area contributed by atoms with E-state index >= 15 is 0 Å². The van der Waals surface area contributed by atoms with E-state index in [2.05, 4.69) is 10.3 Å². The predicted molar refractivity (Wildman–Crippen MR) is 70.4 cm³/mol. The van der Waals surface area contributed by atoms with Crippen molar-refractivity contribution < 1.29 is 4.79 Å². The number of hydrogen-bond acceptors (Lipinski definition) is 5. The highest BCUT2D eigenvalue weighted by molar-refractivity contribution is 7.09. The van der Waals surface area contributed by atoms with Crippen LogP contribution in [0.2, 0.25) is 0 Å². The van der Waals surface area contributed by atoms with E-state index in [1.165, 1.54) is 11.3 Å². The van der Waals surface area contributed by atoms with Crippen LogP contribution >= 0.6 is 22.7 Å².